The average molecular weight is 242 g/mol. The summed E-state index contributed by atoms with van der Waals surface area (Å²) < 4.78 is 22.3. The highest BCUT2D eigenvalue weighted by Gasteiger charge is 2.60. The molecule has 1 spiro atoms. The van der Waals surface area contributed by atoms with Crippen molar-refractivity contribution in [1.82, 2.24) is 0 Å². The summed E-state index contributed by atoms with van der Waals surface area (Å²) in [5, 5.41) is 0. The Morgan fingerprint density at radius 2 is 1.88 bits per heavy atom. The van der Waals surface area contributed by atoms with Crippen LogP contribution in [-0.2, 0) is 23.7 Å². The van der Waals surface area contributed by atoms with E-state index in [2.05, 4.69) is 0 Å². The van der Waals surface area contributed by atoms with Gasteiger partial charge in [0.05, 0.1) is 6.61 Å². The van der Waals surface area contributed by atoms with E-state index in [0.29, 0.717) is 6.42 Å². The van der Waals surface area contributed by atoms with Gasteiger partial charge in [-0.1, -0.05) is 6.08 Å². The van der Waals surface area contributed by atoms with Gasteiger partial charge in [-0.3, -0.25) is 4.79 Å². The smallest absolute Gasteiger partial charge is 0.221 e. The van der Waals surface area contributed by atoms with E-state index in [1.165, 1.54) is 20.3 Å². The van der Waals surface area contributed by atoms with Crippen LogP contribution < -0.4 is 0 Å². The summed E-state index contributed by atoms with van der Waals surface area (Å²) in [4.78, 5) is 11.9. The number of ether oxygens (including phenoxy) is 4. The van der Waals surface area contributed by atoms with Crippen molar-refractivity contribution in [2.45, 2.75) is 37.4 Å². The maximum absolute atomic E-state index is 11.9. The highest BCUT2D eigenvalue weighted by Crippen LogP contribution is 2.43. The van der Waals surface area contributed by atoms with Gasteiger partial charge < -0.3 is 18.9 Å². The topological polar surface area (TPSA) is 54.0 Å². The molecule has 2 rings (SSSR count). The third-order valence-corrected chi connectivity index (χ3v) is 3.74. The molecule has 0 radical (unpaired) electrons. The predicted molar refractivity (Wildman–Crippen MR) is 59.4 cm³/mol. The van der Waals surface area contributed by atoms with Crippen molar-refractivity contribution in [3.8, 4) is 0 Å². The lowest BCUT2D eigenvalue weighted by Gasteiger charge is -2.52. The highest BCUT2D eigenvalue weighted by atomic mass is 16.8. The summed E-state index contributed by atoms with van der Waals surface area (Å²) in [5.74, 6) is -2.24. The molecule has 5 heteroatoms. The Labute approximate surface area is 101 Å². The summed E-state index contributed by atoms with van der Waals surface area (Å²) >= 11 is 0. The van der Waals surface area contributed by atoms with Crippen LogP contribution in [0.25, 0.3) is 0 Å². The van der Waals surface area contributed by atoms with Gasteiger partial charge in [0.1, 0.15) is 0 Å². The van der Waals surface area contributed by atoms with Gasteiger partial charge in [-0.05, 0) is 19.9 Å². The molecule has 96 valence electrons. The van der Waals surface area contributed by atoms with E-state index in [0.717, 1.165) is 0 Å². The monoisotopic (exact) mass is 242 g/mol. The molecule has 0 saturated carbocycles. The van der Waals surface area contributed by atoms with Gasteiger partial charge in [-0.15, -0.1) is 0 Å². The SMILES string of the molecule is CO[C@]1(C)OC[C@]2(CC=CC2=O)O[C@@]1(C)OC. The van der Waals surface area contributed by atoms with Crippen molar-refractivity contribution >= 4 is 5.78 Å². The van der Waals surface area contributed by atoms with Crippen molar-refractivity contribution in [3.63, 3.8) is 0 Å². The summed E-state index contributed by atoms with van der Waals surface area (Å²) in [7, 11) is 3.03. The van der Waals surface area contributed by atoms with Crippen LogP contribution in [0.5, 0.6) is 0 Å². The number of carbonyl (C=O) groups is 1. The molecular formula is C12H18O5. The molecule has 0 bridgehead atoms. The van der Waals surface area contributed by atoms with Crippen LogP contribution in [0.1, 0.15) is 20.3 Å². The molecular weight excluding hydrogens is 224 g/mol. The second-order valence-corrected chi connectivity index (χ2v) is 4.66. The van der Waals surface area contributed by atoms with Crippen molar-refractivity contribution < 1.29 is 23.7 Å². The maximum Gasteiger partial charge on any atom is 0.221 e. The molecule has 3 atom stereocenters. The standard InChI is InChI=1S/C12H18O5/c1-10(14-3)11(2,15-4)17-12(8-16-10)7-5-6-9(12)13/h5-6H,7-8H2,1-4H3/t10-,11-,12+/m1/s1. The van der Waals surface area contributed by atoms with Gasteiger partial charge in [0, 0.05) is 20.6 Å². The van der Waals surface area contributed by atoms with Crippen LogP contribution >= 0.6 is 0 Å². The Kier molecular flexibility index (Phi) is 2.90. The lowest BCUT2D eigenvalue weighted by Crippen LogP contribution is -2.67. The number of carbonyl (C=O) groups excluding carboxylic acids is 1. The second-order valence-electron chi connectivity index (χ2n) is 4.66. The minimum Gasteiger partial charge on any atom is -0.349 e. The van der Waals surface area contributed by atoms with Gasteiger partial charge >= 0.3 is 0 Å². The summed E-state index contributed by atoms with van der Waals surface area (Å²) in [6.45, 7) is 3.61. The van der Waals surface area contributed by atoms with Crippen LogP contribution in [0.2, 0.25) is 0 Å². The molecule has 1 heterocycles. The molecule has 2 aliphatic rings. The highest BCUT2D eigenvalue weighted by molar-refractivity contribution is 5.99. The third kappa shape index (κ3) is 1.65. The number of methoxy groups -OCH3 is 2. The van der Waals surface area contributed by atoms with Gasteiger partial charge in [-0.25, -0.2) is 0 Å². The predicted octanol–water partition coefficient (Wildman–Crippen LogP) is 1.03. The van der Waals surface area contributed by atoms with E-state index in [9.17, 15) is 4.79 Å². The summed E-state index contributed by atoms with van der Waals surface area (Å²) in [5.41, 5.74) is -0.956. The first-order chi connectivity index (χ1) is 7.91. The molecule has 0 aromatic heterocycles. The lowest BCUT2D eigenvalue weighted by atomic mass is 9.96. The van der Waals surface area contributed by atoms with Crippen LogP contribution in [0.3, 0.4) is 0 Å². The van der Waals surface area contributed by atoms with E-state index in [4.69, 9.17) is 18.9 Å². The zero-order valence-corrected chi connectivity index (χ0v) is 10.6. The fraction of sp³-hybridized carbons (Fsp3) is 0.750. The van der Waals surface area contributed by atoms with E-state index in [1.807, 2.05) is 0 Å². The zero-order valence-electron chi connectivity index (χ0n) is 10.6. The van der Waals surface area contributed by atoms with E-state index >= 15 is 0 Å². The van der Waals surface area contributed by atoms with Crippen molar-refractivity contribution in [2.24, 2.45) is 0 Å². The molecule has 0 aromatic carbocycles. The Morgan fingerprint density at radius 1 is 1.24 bits per heavy atom. The Hall–Kier alpha value is -0.750. The first-order valence-corrected chi connectivity index (χ1v) is 5.57. The number of hydrogen-bond acceptors (Lipinski definition) is 5. The maximum atomic E-state index is 11.9. The largest absolute Gasteiger partial charge is 0.349 e. The molecule has 0 unspecified atom stereocenters. The third-order valence-electron chi connectivity index (χ3n) is 3.74. The first-order valence-electron chi connectivity index (χ1n) is 5.57. The molecule has 17 heavy (non-hydrogen) atoms. The molecule has 0 aromatic rings. The zero-order chi connectivity index (χ0) is 12.7. The first kappa shape index (κ1) is 12.7. The average Bonchev–Trinajstić information content (AvgIpc) is 2.66. The van der Waals surface area contributed by atoms with E-state index in [-0.39, 0.29) is 12.4 Å². The normalized spacial score (nSPS) is 45.8. The molecule has 1 fully saturated rings. The number of ketones is 1. The summed E-state index contributed by atoms with van der Waals surface area (Å²) in [6, 6.07) is 0. The van der Waals surface area contributed by atoms with Crippen molar-refractivity contribution in [3.05, 3.63) is 12.2 Å². The Balaban J connectivity index is 2.30. The van der Waals surface area contributed by atoms with Crippen molar-refractivity contribution in [2.75, 3.05) is 20.8 Å². The van der Waals surface area contributed by atoms with E-state index < -0.39 is 17.2 Å². The number of rotatable bonds is 2. The van der Waals surface area contributed by atoms with Crippen LogP contribution in [-0.4, -0.2) is 43.8 Å². The molecule has 1 saturated heterocycles. The summed E-state index contributed by atoms with van der Waals surface area (Å²) in [6.07, 6.45) is 3.82. The second kappa shape index (κ2) is 3.88. The number of hydrogen-bond donors (Lipinski definition) is 0. The van der Waals surface area contributed by atoms with Gasteiger partial charge in [0.2, 0.25) is 11.6 Å². The van der Waals surface area contributed by atoms with Gasteiger partial charge in [0.25, 0.3) is 0 Å². The van der Waals surface area contributed by atoms with Crippen molar-refractivity contribution in [1.29, 1.82) is 0 Å². The fourth-order valence-corrected chi connectivity index (χ4v) is 2.18. The minimum absolute atomic E-state index is 0.0843. The molecule has 0 amide bonds. The molecule has 1 aliphatic heterocycles. The van der Waals surface area contributed by atoms with Crippen LogP contribution in [0, 0.1) is 0 Å². The quantitative estimate of drug-likeness (QED) is 0.723. The molecule has 5 nitrogen and oxygen atoms in total. The van der Waals surface area contributed by atoms with Crippen LogP contribution in [0.4, 0.5) is 0 Å². The Bertz CT molecular complexity index is 366. The Morgan fingerprint density at radius 3 is 2.35 bits per heavy atom. The van der Waals surface area contributed by atoms with Gasteiger partial charge in [0.15, 0.2) is 11.4 Å². The van der Waals surface area contributed by atoms with Gasteiger partial charge in [-0.2, -0.15) is 0 Å². The van der Waals surface area contributed by atoms with Crippen LogP contribution in [0.15, 0.2) is 12.2 Å². The lowest BCUT2D eigenvalue weighted by molar-refractivity contribution is -0.442. The minimum atomic E-state index is -1.12. The molecule has 0 N–H and O–H groups in total. The molecule has 1 aliphatic carbocycles. The van der Waals surface area contributed by atoms with E-state index in [1.54, 1.807) is 19.9 Å². The fourth-order valence-electron chi connectivity index (χ4n) is 2.18.